The van der Waals surface area contributed by atoms with E-state index < -0.39 is 6.10 Å². The van der Waals surface area contributed by atoms with E-state index in [1.807, 2.05) is 66.9 Å². The highest BCUT2D eigenvalue weighted by Crippen LogP contribution is 2.31. The van der Waals surface area contributed by atoms with E-state index >= 15 is 0 Å². The molecule has 6 nitrogen and oxygen atoms in total. The number of ether oxygens (including phenoxy) is 1. The van der Waals surface area contributed by atoms with Gasteiger partial charge in [-0.3, -0.25) is 9.36 Å². The van der Waals surface area contributed by atoms with Crippen LogP contribution in [0.25, 0.3) is 5.69 Å². The molecule has 0 aliphatic heterocycles. The van der Waals surface area contributed by atoms with Gasteiger partial charge in [-0.25, -0.2) is 0 Å². The summed E-state index contributed by atoms with van der Waals surface area (Å²) in [6, 6.07) is 22.3. The number of nitrogens with one attached hydrogen (secondary N) is 1. The highest BCUT2D eigenvalue weighted by molar-refractivity contribution is 7.99. The first kappa shape index (κ1) is 24.1. The number of hydrogen-bond acceptors (Lipinski definition) is 5. The van der Waals surface area contributed by atoms with Crippen molar-refractivity contribution in [2.24, 2.45) is 0 Å². The molecule has 1 amide bonds. The average molecular weight is 513 g/mol. The molecular formula is C25H22Cl2N4O2S. The summed E-state index contributed by atoms with van der Waals surface area (Å²) in [5, 5.41) is 13.4. The van der Waals surface area contributed by atoms with Crippen LogP contribution in [0.1, 0.15) is 24.4 Å². The smallest absolute Gasteiger partial charge is 0.234 e. The largest absolute Gasteiger partial charge is 0.481 e. The topological polar surface area (TPSA) is 69.0 Å². The lowest BCUT2D eigenvalue weighted by atomic mass is 10.2. The van der Waals surface area contributed by atoms with E-state index in [1.165, 1.54) is 11.8 Å². The second-order valence-corrected chi connectivity index (χ2v) is 9.28. The van der Waals surface area contributed by atoms with E-state index in [2.05, 4.69) is 15.5 Å². The summed E-state index contributed by atoms with van der Waals surface area (Å²) in [5.74, 6) is 1.17. The molecular weight excluding hydrogens is 491 g/mol. The number of carbonyl (C=O) groups excluding carboxylic acids is 1. The van der Waals surface area contributed by atoms with Crippen LogP contribution in [-0.4, -0.2) is 26.4 Å². The van der Waals surface area contributed by atoms with E-state index in [4.69, 9.17) is 27.9 Å². The first-order valence-electron chi connectivity index (χ1n) is 10.5. The molecule has 1 unspecified atom stereocenters. The number of amides is 1. The van der Waals surface area contributed by atoms with Crippen LogP contribution in [-0.2, 0) is 4.79 Å². The normalized spacial score (nSPS) is 11.8. The zero-order chi connectivity index (χ0) is 24.1. The highest BCUT2D eigenvalue weighted by Gasteiger charge is 2.22. The Morgan fingerprint density at radius 2 is 1.79 bits per heavy atom. The van der Waals surface area contributed by atoms with Crippen molar-refractivity contribution in [1.29, 1.82) is 0 Å². The van der Waals surface area contributed by atoms with Gasteiger partial charge in [0.05, 0.1) is 10.8 Å². The predicted octanol–water partition coefficient (Wildman–Crippen LogP) is 6.75. The fourth-order valence-electron chi connectivity index (χ4n) is 3.32. The number of rotatable bonds is 8. The van der Waals surface area contributed by atoms with Crippen LogP contribution in [0.4, 0.5) is 5.69 Å². The fourth-order valence-corrected chi connectivity index (χ4v) is 4.49. The Balaban J connectivity index is 1.55. The Kier molecular flexibility index (Phi) is 7.77. The third kappa shape index (κ3) is 5.73. The van der Waals surface area contributed by atoms with Crippen molar-refractivity contribution in [1.82, 2.24) is 14.8 Å². The molecule has 1 heterocycles. The van der Waals surface area contributed by atoms with E-state index in [1.54, 1.807) is 24.3 Å². The van der Waals surface area contributed by atoms with Gasteiger partial charge < -0.3 is 10.1 Å². The molecule has 34 heavy (non-hydrogen) atoms. The van der Waals surface area contributed by atoms with Crippen molar-refractivity contribution in [3.63, 3.8) is 0 Å². The van der Waals surface area contributed by atoms with Gasteiger partial charge >= 0.3 is 0 Å². The third-order valence-corrected chi connectivity index (χ3v) is 6.45. The minimum absolute atomic E-state index is 0.153. The molecule has 1 aromatic heterocycles. The maximum absolute atomic E-state index is 12.6. The lowest BCUT2D eigenvalue weighted by Gasteiger charge is -2.17. The molecule has 174 valence electrons. The number of nitrogens with zero attached hydrogens (tertiary/aromatic N) is 3. The molecule has 0 aliphatic rings. The van der Waals surface area contributed by atoms with Crippen molar-refractivity contribution in [2.45, 2.75) is 25.1 Å². The molecule has 0 bridgehead atoms. The van der Waals surface area contributed by atoms with Crippen LogP contribution in [0.5, 0.6) is 5.75 Å². The molecule has 9 heteroatoms. The molecule has 1 atom stereocenters. The molecule has 0 radical (unpaired) electrons. The van der Waals surface area contributed by atoms with Gasteiger partial charge in [0.2, 0.25) is 5.91 Å². The standard InChI is InChI=1S/C25H22Cl2N4O2S/c1-16-14-18(26)12-13-21(16)28-23(32)15-34-25-30-29-24(31(25)19-8-4-3-5-9-19)17(2)33-22-11-7-6-10-20(22)27/h3-14,17H,15H2,1-2H3,(H,28,32). The van der Waals surface area contributed by atoms with E-state index in [-0.39, 0.29) is 11.7 Å². The maximum atomic E-state index is 12.6. The second-order valence-electron chi connectivity index (χ2n) is 7.50. The molecule has 0 saturated carbocycles. The van der Waals surface area contributed by atoms with Gasteiger partial charge in [-0.05, 0) is 61.9 Å². The van der Waals surface area contributed by atoms with Gasteiger partial charge in [0.15, 0.2) is 17.1 Å². The number of para-hydroxylation sites is 2. The van der Waals surface area contributed by atoms with Crippen LogP contribution in [0.2, 0.25) is 10.0 Å². The molecule has 4 aromatic rings. The quantitative estimate of drug-likeness (QED) is 0.264. The third-order valence-electron chi connectivity index (χ3n) is 4.97. The highest BCUT2D eigenvalue weighted by atomic mass is 35.5. The van der Waals surface area contributed by atoms with E-state index in [9.17, 15) is 4.79 Å². The molecule has 0 aliphatic carbocycles. The summed E-state index contributed by atoms with van der Waals surface area (Å²) in [6.45, 7) is 3.78. The first-order chi connectivity index (χ1) is 16.4. The van der Waals surface area contributed by atoms with Crippen LogP contribution >= 0.6 is 35.0 Å². The Hall–Kier alpha value is -3.00. The Morgan fingerprint density at radius 1 is 1.06 bits per heavy atom. The number of thioether (sulfide) groups is 1. The summed E-state index contributed by atoms with van der Waals surface area (Å²) < 4.78 is 7.98. The minimum atomic E-state index is -0.438. The second kappa shape index (κ2) is 11.0. The minimum Gasteiger partial charge on any atom is -0.481 e. The van der Waals surface area contributed by atoms with Crippen molar-refractivity contribution in [3.05, 3.63) is 94.2 Å². The molecule has 0 saturated heterocycles. The zero-order valence-corrected chi connectivity index (χ0v) is 20.9. The number of halogens is 2. The number of anilines is 1. The van der Waals surface area contributed by atoms with Crippen molar-refractivity contribution in [3.8, 4) is 11.4 Å². The number of carbonyl (C=O) groups is 1. The SMILES string of the molecule is Cc1cc(Cl)ccc1NC(=O)CSc1nnc(C(C)Oc2ccccc2Cl)n1-c1ccccc1. The van der Waals surface area contributed by atoms with E-state index in [0.29, 0.717) is 26.8 Å². The molecule has 1 N–H and O–H groups in total. The van der Waals surface area contributed by atoms with E-state index in [0.717, 1.165) is 16.9 Å². The molecule has 0 spiro atoms. The van der Waals surface area contributed by atoms with Gasteiger partial charge in [0.25, 0.3) is 0 Å². The Labute approximate surface area is 212 Å². The van der Waals surface area contributed by atoms with Gasteiger partial charge in [0, 0.05) is 16.4 Å². The maximum Gasteiger partial charge on any atom is 0.234 e. The van der Waals surface area contributed by atoms with Gasteiger partial charge in [-0.2, -0.15) is 0 Å². The van der Waals surface area contributed by atoms with Crippen LogP contribution in [0, 0.1) is 6.92 Å². The first-order valence-corrected chi connectivity index (χ1v) is 12.3. The molecule has 0 fully saturated rings. The van der Waals surface area contributed by atoms with Gasteiger partial charge in [0.1, 0.15) is 5.75 Å². The Morgan fingerprint density at radius 3 is 2.53 bits per heavy atom. The van der Waals surface area contributed by atoms with Crippen LogP contribution in [0.3, 0.4) is 0 Å². The fraction of sp³-hybridized carbons (Fsp3) is 0.160. The number of benzene rings is 3. The Bertz CT molecular complexity index is 1300. The monoisotopic (exact) mass is 512 g/mol. The summed E-state index contributed by atoms with van der Waals surface area (Å²) >= 11 is 13.6. The lowest BCUT2D eigenvalue weighted by Crippen LogP contribution is -2.16. The zero-order valence-electron chi connectivity index (χ0n) is 18.5. The summed E-state index contributed by atoms with van der Waals surface area (Å²) in [7, 11) is 0. The summed E-state index contributed by atoms with van der Waals surface area (Å²) in [6.07, 6.45) is -0.438. The van der Waals surface area contributed by atoms with Crippen LogP contribution < -0.4 is 10.1 Å². The van der Waals surface area contributed by atoms with Crippen molar-refractivity contribution >= 4 is 46.6 Å². The molecule has 3 aromatic carbocycles. The lowest BCUT2D eigenvalue weighted by molar-refractivity contribution is -0.113. The van der Waals surface area contributed by atoms with Crippen molar-refractivity contribution < 1.29 is 9.53 Å². The van der Waals surface area contributed by atoms with Crippen molar-refractivity contribution in [2.75, 3.05) is 11.1 Å². The van der Waals surface area contributed by atoms with Gasteiger partial charge in [-0.1, -0.05) is 65.3 Å². The number of hydrogen-bond donors (Lipinski definition) is 1. The average Bonchev–Trinajstić information content (AvgIpc) is 3.26. The predicted molar refractivity (Wildman–Crippen MR) is 137 cm³/mol. The summed E-state index contributed by atoms with van der Waals surface area (Å²) in [4.78, 5) is 12.6. The number of aromatic nitrogens is 3. The summed E-state index contributed by atoms with van der Waals surface area (Å²) in [5.41, 5.74) is 2.49. The van der Waals surface area contributed by atoms with Crippen LogP contribution in [0.15, 0.2) is 78.0 Å². The number of aryl methyl sites for hydroxylation is 1. The molecule has 4 rings (SSSR count). The van der Waals surface area contributed by atoms with Gasteiger partial charge in [-0.15, -0.1) is 10.2 Å².